The SMILES string of the molecule is CCCCCCOc1ccc(Br)cc1C(=O)Nc1ccc([N+](=O)[O-])cc1. The largest absolute Gasteiger partial charge is 0.493 e. The number of nitrogens with one attached hydrogen (secondary N) is 1. The molecular weight excluding hydrogens is 400 g/mol. The van der Waals surface area contributed by atoms with Gasteiger partial charge in [0.1, 0.15) is 5.75 Å². The van der Waals surface area contributed by atoms with Crippen molar-refractivity contribution in [1.82, 2.24) is 0 Å². The summed E-state index contributed by atoms with van der Waals surface area (Å²) in [6, 6.07) is 11.0. The van der Waals surface area contributed by atoms with Gasteiger partial charge >= 0.3 is 0 Å². The Kier molecular flexibility index (Phi) is 7.59. The number of nitrogens with zero attached hydrogens (tertiary/aromatic N) is 1. The fraction of sp³-hybridized carbons (Fsp3) is 0.316. The number of carbonyl (C=O) groups is 1. The molecule has 138 valence electrons. The second kappa shape index (κ2) is 9.91. The first kappa shape index (κ1) is 19.9. The summed E-state index contributed by atoms with van der Waals surface area (Å²) in [7, 11) is 0. The standard InChI is InChI=1S/C19H21BrN2O4/c1-2-3-4-5-12-26-18-11-6-14(20)13-17(18)19(23)21-15-7-9-16(10-8-15)22(24)25/h6-11,13H,2-5,12H2,1H3,(H,21,23). The van der Waals surface area contributed by atoms with Crippen molar-refractivity contribution in [3.05, 3.63) is 62.6 Å². The van der Waals surface area contributed by atoms with Gasteiger partial charge in [-0.05, 0) is 36.8 Å². The second-order valence-corrected chi connectivity index (χ2v) is 6.72. The highest BCUT2D eigenvalue weighted by Gasteiger charge is 2.14. The Balaban J connectivity index is 2.06. The molecule has 0 atom stereocenters. The highest BCUT2D eigenvalue weighted by molar-refractivity contribution is 9.10. The third kappa shape index (κ3) is 5.84. The van der Waals surface area contributed by atoms with E-state index in [1.165, 1.54) is 24.3 Å². The number of hydrogen-bond donors (Lipinski definition) is 1. The minimum Gasteiger partial charge on any atom is -0.493 e. The molecule has 0 aliphatic carbocycles. The number of non-ortho nitro benzene ring substituents is 1. The number of halogens is 1. The zero-order valence-electron chi connectivity index (χ0n) is 14.5. The van der Waals surface area contributed by atoms with Crippen LogP contribution < -0.4 is 10.1 Å². The topological polar surface area (TPSA) is 81.5 Å². The number of rotatable bonds is 9. The van der Waals surface area contributed by atoms with Gasteiger partial charge in [-0.1, -0.05) is 42.1 Å². The van der Waals surface area contributed by atoms with Crippen LogP contribution in [0.2, 0.25) is 0 Å². The molecule has 1 amide bonds. The predicted octanol–water partition coefficient (Wildman–Crippen LogP) is 5.57. The Morgan fingerprint density at radius 3 is 2.54 bits per heavy atom. The molecule has 0 bridgehead atoms. The van der Waals surface area contributed by atoms with E-state index in [1.54, 1.807) is 12.1 Å². The van der Waals surface area contributed by atoms with Crippen LogP contribution >= 0.6 is 15.9 Å². The Hall–Kier alpha value is -2.41. The highest BCUT2D eigenvalue weighted by atomic mass is 79.9. The number of amides is 1. The molecule has 7 heteroatoms. The summed E-state index contributed by atoms with van der Waals surface area (Å²) in [5.74, 6) is 0.188. The van der Waals surface area contributed by atoms with Crippen LogP contribution in [-0.4, -0.2) is 17.4 Å². The summed E-state index contributed by atoms with van der Waals surface area (Å²) in [6.07, 6.45) is 4.35. The zero-order valence-corrected chi connectivity index (χ0v) is 16.1. The fourth-order valence-electron chi connectivity index (χ4n) is 2.38. The first-order valence-corrected chi connectivity index (χ1v) is 9.28. The predicted molar refractivity (Wildman–Crippen MR) is 105 cm³/mol. The van der Waals surface area contributed by atoms with Gasteiger partial charge in [0.05, 0.1) is 17.1 Å². The molecule has 2 aromatic carbocycles. The second-order valence-electron chi connectivity index (χ2n) is 5.81. The Bertz CT molecular complexity index is 763. The average molecular weight is 421 g/mol. The van der Waals surface area contributed by atoms with Crippen LogP contribution in [0, 0.1) is 10.1 Å². The molecule has 0 aromatic heterocycles. The summed E-state index contributed by atoms with van der Waals surface area (Å²) in [5.41, 5.74) is 0.865. The van der Waals surface area contributed by atoms with Gasteiger partial charge in [-0.15, -0.1) is 0 Å². The lowest BCUT2D eigenvalue weighted by Gasteiger charge is -2.12. The highest BCUT2D eigenvalue weighted by Crippen LogP contribution is 2.25. The molecule has 2 rings (SSSR count). The summed E-state index contributed by atoms with van der Waals surface area (Å²) in [5, 5.41) is 13.4. The molecule has 0 heterocycles. The first-order valence-electron chi connectivity index (χ1n) is 8.49. The molecule has 0 aliphatic rings. The van der Waals surface area contributed by atoms with Gasteiger partial charge in [0, 0.05) is 22.3 Å². The summed E-state index contributed by atoms with van der Waals surface area (Å²) in [6.45, 7) is 2.70. The van der Waals surface area contributed by atoms with E-state index >= 15 is 0 Å². The minimum absolute atomic E-state index is 0.0263. The van der Waals surface area contributed by atoms with Crippen LogP contribution in [0.4, 0.5) is 11.4 Å². The summed E-state index contributed by atoms with van der Waals surface area (Å²) in [4.78, 5) is 22.8. The molecule has 6 nitrogen and oxygen atoms in total. The van der Waals surface area contributed by atoms with E-state index in [1.807, 2.05) is 6.07 Å². The van der Waals surface area contributed by atoms with Gasteiger partial charge in [-0.2, -0.15) is 0 Å². The van der Waals surface area contributed by atoms with Crippen molar-refractivity contribution < 1.29 is 14.5 Å². The van der Waals surface area contributed by atoms with Gasteiger partial charge in [0.2, 0.25) is 0 Å². The molecule has 0 aliphatic heterocycles. The Morgan fingerprint density at radius 1 is 1.15 bits per heavy atom. The minimum atomic E-state index is -0.482. The molecular formula is C19H21BrN2O4. The van der Waals surface area contributed by atoms with E-state index in [0.717, 1.165) is 30.2 Å². The number of carbonyl (C=O) groups excluding carboxylic acids is 1. The van der Waals surface area contributed by atoms with E-state index in [0.29, 0.717) is 23.6 Å². The Morgan fingerprint density at radius 2 is 1.88 bits per heavy atom. The van der Waals surface area contributed by atoms with Gasteiger partial charge in [0.25, 0.3) is 11.6 Å². The maximum Gasteiger partial charge on any atom is 0.269 e. The van der Waals surface area contributed by atoms with Crippen molar-refractivity contribution in [2.24, 2.45) is 0 Å². The van der Waals surface area contributed by atoms with Gasteiger partial charge in [-0.3, -0.25) is 14.9 Å². The molecule has 26 heavy (non-hydrogen) atoms. The van der Waals surface area contributed by atoms with E-state index < -0.39 is 4.92 Å². The fourth-order valence-corrected chi connectivity index (χ4v) is 2.74. The van der Waals surface area contributed by atoms with E-state index in [2.05, 4.69) is 28.2 Å². The lowest BCUT2D eigenvalue weighted by molar-refractivity contribution is -0.384. The number of benzene rings is 2. The van der Waals surface area contributed by atoms with Crippen LogP contribution in [0.25, 0.3) is 0 Å². The smallest absolute Gasteiger partial charge is 0.269 e. The first-order chi connectivity index (χ1) is 12.5. The van der Waals surface area contributed by atoms with Gasteiger partial charge in [-0.25, -0.2) is 0 Å². The van der Waals surface area contributed by atoms with E-state index in [9.17, 15) is 14.9 Å². The summed E-state index contributed by atoms with van der Waals surface area (Å²) >= 11 is 3.37. The normalized spacial score (nSPS) is 10.4. The maximum absolute atomic E-state index is 12.6. The van der Waals surface area contributed by atoms with E-state index in [-0.39, 0.29) is 11.6 Å². The van der Waals surface area contributed by atoms with Crippen molar-refractivity contribution in [3.63, 3.8) is 0 Å². The van der Waals surface area contributed by atoms with Gasteiger partial charge < -0.3 is 10.1 Å². The Labute approximate surface area is 160 Å². The van der Waals surface area contributed by atoms with Crippen molar-refractivity contribution in [3.8, 4) is 5.75 Å². The third-order valence-corrected chi connectivity index (χ3v) is 4.27. The van der Waals surface area contributed by atoms with Crippen LogP contribution in [0.3, 0.4) is 0 Å². The van der Waals surface area contributed by atoms with Crippen LogP contribution in [0.1, 0.15) is 43.0 Å². The zero-order chi connectivity index (χ0) is 18.9. The van der Waals surface area contributed by atoms with Crippen LogP contribution in [0.15, 0.2) is 46.9 Å². The molecule has 0 saturated carbocycles. The average Bonchev–Trinajstić information content (AvgIpc) is 2.63. The number of unbranched alkanes of at least 4 members (excludes halogenated alkanes) is 3. The molecule has 0 unspecified atom stereocenters. The molecule has 1 N–H and O–H groups in total. The lowest BCUT2D eigenvalue weighted by Crippen LogP contribution is -2.14. The lowest BCUT2D eigenvalue weighted by atomic mass is 10.1. The van der Waals surface area contributed by atoms with Crippen molar-refractivity contribution >= 4 is 33.2 Å². The summed E-state index contributed by atoms with van der Waals surface area (Å²) < 4.78 is 6.55. The van der Waals surface area contributed by atoms with Crippen molar-refractivity contribution in [2.75, 3.05) is 11.9 Å². The molecule has 0 fully saturated rings. The number of nitro groups is 1. The monoisotopic (exact) mass is 420 g/mol. The number of ether oxygens (including phenoxy) is 1. The number of hydrogen-bond acceptors (Lipinski definition) is 4. The number of anilines is 1. The van der Waals surface area contributed by atoms with Crippen LogP contribution in [0.5, 0.6) is 5.75 Å². The van der Waals surface area contributed by atoms with Gasteiger partial charge in [0.15, 0.2) is 0 Å². The third-order valence-electron chi connectivity index (χ3n) is 3.78. The quantitative estimate of drug-likeness (QED) is 0.326. The maximum atomic E-state index is 12.6. The molecule has 2 aromatic rings. The van der Waals surface area contributed by atoms with Crippen LogP contribution in [-0.2, 0) is 0 Å². The van der Waals surface area contributed by atoms with Crippen molar-refractivity contribution in [1.29, 1.82) is 0 Å². The molecule has 0 radical (unpaired) electrons. The molecule has 0 saturated heterocycles. The van der Waals surface area contributed by atoms with E-state index in [4.69, 9.17) is 4.74 Å². The number of nitro benzene ring substituents is 1. The molecule has 0 spiro atoms. The van der Waals surface area contributed by atoms with Crippen molar-refractivity contribution in [2.45, 2.75) is 32.6 Å².